The van der Waals surface area contributed by atoms with Crippen LogP contribution in [0.1, 0.15) is 178 Å². The maximum atomic E-state index is 11.1. The summed E-state index contributed by atoms with van der Waals surface area (Å²) in [6.45, 7) is 9.50. The first-order valence-electron chi connectivity index (χ1n) is 27.4. The molecule has 78 heavy (non-hydrogen) atoms. The second-order valence-corrected chi connectivity index (χ2v) is 20.7. The van der Waals surface area contributed by atoms with Gasteiger partial charge < -0.3 is 46.6 Å². The van der Waals surface area contributed by atoms with Crippen LogP contribution in [-0.2, 0) is 28.8 Å². The molecule has 0 amide bonds. The summed E-state index contributed by atoms with van der Waals surface area (Å²) < 4.78 is 0. The number of nitrogens with one attached hydrogen (secondary N) is 5. The number of carboxylic acid groups (broad SMARTS) is 3. The van der Waals surface area contributed by atoms with Gasteiger partial charge in [-0.2, -0.15) is 0 Å². The molecule has 0 saturated heterocycles. The minimum absolute atomic E-state index is 0.182. The number of thiol groups is 3. The molecule has 3 heterocycles. The van der Waals surface area contributed by atoms with Gasteiger partial charge in [-0.25, -0.2) is 15.0 Å². The van der Waals surface area contributed by atoms with Crippen LogP contribution in [0.25, 0.3) is 33.1 Å². The van der Waals surface area contributed by atoms with E-state index in [4.69, 9.17) is 21.1 Å². The van der Waals surface area contributed by atoms with Crippen molar-refractivity contribution in [2.75, 3.05) is 19.6 Å². The lowest BCUT2D eigenvalue weighted by Gasteiger charge is -2.30. The van der Waals surface area contributed by atoms with Crippen LogP contribution < -0.4 is 16.4 Å². The molecular weight excluding hydrogens is 1050 g/mol. The number of hydrogen-bond acceptors (Lipinski definition) is 12. The number of rotatable bonds is 22. The summed E-state index contributed by atoms with van der Waals surface area (Å²) in [4.78, 5) is 87.1. The maximum absolute atomic E-state index is 11.1. The van der Waals surface area contributed by atoms with Gasteiger partial charge in [0.2, 0.25) is 0 Å². The third-order valence-electron chi connectivity index (χ3n) is 13.0. The molecule has 6 aromatic rings. The smallest absolute Gasteiger partial charge is 0.314 e. The molecule has 3 aromatic carbocycles. The van der Waals surface area contributed by atoms with Crippen molar-refractivity contribution in [2.24, 2.45) is 5.73 Å². The van der Waals surface area contributed by atoms with E-state index in [0.29, 0.717) is 16.6 Å². The van der Waals surface area contributed by atoms with Gasteiger partial charge in [-0.1, -0.05) is 128 Å². The van der Waals surface area contributed by atoms with E-state index in [0.717, 1.165) is 48.3 Å². The fourth-order valence-electron chi connectivity index (χ4n) is 8.89. The number of carbonyl (C=O) groups is 6. The standard InChI is InChI=1S/C12H23N.3C11H10N2O3S.C8H19N.C4H11N/c1-3-7-11(8-4-1)13-12-9-5-2-6-10-12;3*14-9(17)5-6(11(15)16)10-12-7-3-1-2-4-8(7)13-10;1-2-3-4-5-6-7-8-9;1-3-5-4-2/h11-13H,1-10H2;3*1-4,6H,5H2,(H,12,13)(H,14,17)(H,15,16);2-9H2,1H3;5H,3-4H2,1-2H3. The Bertz CT molecular complexity index is 2350. The third-order valence-corrected chi connectivity index (χ3v) is 13.5. The Morgan fingerprint density at radius 1 is 0.513 bits per heavy atom. The molecule has 2 fully saturated rings. The molecule has 3 atom stereocenters. The van der Waals surface area contributed by atoms with Gasteiger partial charge in [0.1, 0.15) is 35.2 Å². The fourth-order valence-corrected chi connectivity index (χ4v) is 9.43. The van der Waals surface area contributed by atoms with Crippen LogP contribution in [0.5, 0.6) is 0 Å². The van der Waals surface area contributed by atoms with Gasteiger partial charge >= 0.3 is 17.9 Å². The minimum Gasteiger partial charge on any atom is -0.481 e. The number of unbranched alkanes of at least 4 members (excludes halogenated alkanes) is 5. The molecule has 18 nitrogen and oxygen atoms in total. The number of H-pyrrole nitrogens is 3. The van der Waals surface area contributed by atoms with Crippen LogP contribution in [0, 0.1) is 0 Å². The van der Waals surface area contributed by atoms with E-state index in [9.17, 15) is 28.8 Å². The van der Waals surface area contributed by atoms with Gasteiger partial charge in [0.25, 0.3) is 0 Å². The predicted molar refractivity (Wildman–Crippen MR) is 319 cm³/mol. The Morgan fingerprint density at radius 3 is 1.08 bits per heavy atom. The molecule has 3 aromatic heterocycles. The summed E-state index contributed by atoms with van der Waals surface area (Å²) in [5, 5.41) is 32.7. The van der Waals surface area contributed by atoms with E-state index in [1.807, 2.05) is 36.4 Å². The van der Waals surface area contributed by atoms with Gasteiger partial charge in [-0.3, -0.25) is 28.8 Å². The largest absolute Gasteiger partial charge is 0.481 e. The van der Waals surface area contributed by atoms with Crippen molar-refractivity contribution in [3.05, 3.63) is 90.3 Å². The Balaban J connectivity index is 0.000000254. The molecule has 10 N–H and O–H groups in total. The van der Waals surface area contributed by atoms with Gasteiger partial charge in [0.15, 0.2) is 15.3 Å². The van der Waals surface area contributed by atoms with Gasteiger partial charge in [0, 0.05) is 31.3 Å². The zero-order valence-electron chi connectivity index (χ0n) is 45.4. The van der Waals surface area contributed by atoms with Crippen LogP contribution in [0.2, 0.25) is 0 Å². The highest BCUT2D eigenvalue weighted by Gasteiger charge is 2.28. The molecule has 0 spiro atoms. The zero-order valence-corrected chi connectivity index (χ0v) is 48.1. The van der Waals surface area contributed by atoms with E-state index >= 15 is 0 Å². The van der Waals surface area contributed by atoms with Crippen molar-refractivity contribution in [2.45, 2.75) is 173 Å². The van der Waals surface area contributed by atoms with Crippen LogP contribution in [0.4, 0.5) is 0 Å². The highest BCUT2D eigenvalue weighted by Crippen LogP contribution is 2.26. The number of carboxylic acids is 3. The van der Waals surface area contributed by atoms with Crippen molar-refractivity contribution in [1.82, 2.24) is 40.5 Å². The summed E-state index contributed by atoms with van der Waals surface area (Å²) in [7, 11) is 0. The Kier molecular flexibility index (Phi) is 32.6. The topological polar surface area (TPSA) is 299 Å². The number of nitrogens with zero attached hydrogens (tertiary/aromatic N) is 3. The molecule has 428 valence electrons. The Labute approximate surface area is 474 Å². The average molecular weight is 1130 g/mol. The van der Waals surface area contributed by atoms with E-state index in [1.165, 1.54) is 103 Å². The number of benzene rings is 3. The number of carbonyl (C=O) groups excluding carboxylic acids is 3. The highest BCUT2D eigenvalue weighted by atomic mass is 32.1. The zero-order chi connectivity index (χ0) is 57.2. The molecular formula is C57H83N9O9S3. The SMILES string of the molecule is C1CCC(NC2CCCCC2)CC1.CCCCCCCCN.CCNCC.O=C(S)CC(C(=O)O)c1nc2ccccc2[nH]1.O=C(S)CC(C(=O)O)c1nc2ccccc2[nH]1.O=C(S)CC(C(=O)O)c1nc2ccccc2[nH]1. The summed E-state index contributed by atoms with van der Waals surface area (Å²) in [6.07, 6.45) is 22.1. The quantitative estimate of drug-likeness (QED) is 0.0222. The Hall–Kier alpha value is -5.58. The van der Waals surface area contributed by atoms with Gasteiger partial charge in [-0.05, 0) is 88.1 Å². The lowest BCUT2D eigenvalue weighted by molar-refractivity contribution is -0.140. The fraction of sp³-hybridized carbons (Fsp3) is 0.526. The normalized spacial score (nSPS) is 14.5. The molecule has 0 radical (unpaired) electrons. The van der Waals surface area contributed by atoms with Crippen LogP contribution in [0.3, 0.4) is 0 Å². The summed E-state index contributed by atoms with van der Waals surface area (Å²) >= 11 is 10.8. The number of aromatic nitrogens is 6. The molecule has 2 saturated carbocycles. The monoisotopic (exact) mass is 1130 g/mol. The number of hydrogen-bond donors (Lipinski definition) is 12. The number of nitrogens with two attached hydrogens (primary N) is 1. The van der Waals surface area contributed by atoms with Crippen LogP contribution in [0.15, 0.2) is 72.8 Å². The third kappa shape index (κ3) is 25.5. The van der Waals surface area contributed by atoms with Crippen molar-refractivity contribution < 1.29 is 44.1 Å². The second-order valence-electron chi connectivity index (χ2n) is 19.2. The Morgan fingerprint density at radius 2 is 0.821 bits per heavy atom. The van der Waals surface area contributed by atoms with Crippen molar-refractivity contribution >= 4 is 104 Å². The second kappa shape index (κ2) is 38.1. The maximum Gasteiger partial charge on any atom is 0.314 e. The number of aliphatic carboxylic acids is 3. The van der Waals surface area contributed by atoms with Crippen molar-refractivity contribution in [1.29, 1.82) is 0 Å². The van der Waals surface area contributed by atoms with Crippen molar-refractivity contribution in [3.8, 4) is 0 Å². The van der Waals surface area contributed by atoms with E-state index in [2.05, 4.69) is 99.2 Å². The number of imidazole rings is 3. The molecule has 0 aliphatic heterocycles. The minimum atomic E-state index is -1.09. The molecule has 21 heteroatoms. The lowest BCUT2D eigenvalue weighted by Crippen LogP contribution is -2.40. The summed E-state index contributed by atoms with van der Waals surface area (Å²) in [5.74, 6) is -5.38. The van der Waals surface area contributed by atoms with E-state index < -0.39 is 51.0 Å². The lowest BCUT2D eigenvalue weighted by atomic mass is 9.91. The molecule has 8 rings (SSSR count). The first-order valence-corrected chi connectivity index (χ1v) is 28.7. The van der Waals surface area contributed by atoms with Crippen LogP contribution in [-0.4, -0.2) is 110 Å². The van der Waals surface area contributed by atoms with E-state index in [1.54, 1.807) is 36.4 Å². The average Bonchev–Trinajstić information content (AvgIpc) is 4.21. The van der Waals surface area contributed by atoms with Gasteiger partial charge in [-0.15, -0.1) is 37.9 Å². The molecule has 2 aliphatic rings. The number of para-hydroxylation sites is 6. The van der Waals surface area contributed by atoms with Gasteiger partial charge in [0.05, 0.1) is 33.1 Å². The molecule has 2 aliphatic carbocycles. The van der Waals surface area contributed by atoms with E-state index in [-0.39, 0.29) is 36.7 Å². The molecule has 3 unspecified atom stereocenters. The van der Waals surface area contributed by atoms with Crippen molar-refractivity contribution in [3.63, 3.8) is 0 Å². The summed E-state index contributed by atoms with van der Waals surface area (Å²) in [5.41, 5.74) is 9.64. The first kappa shape index (κ1) is 66.7. The van der Waals surface area contributed by atoms with Crippen LogP contribution >= 0.6 is 37.9 Å². The predicted octanol–water partition coefficient (Wildman–Crippen LogP) is 10.9. The number of fused-ring (bicyclic) bond motifs is 3. The number of aromatic amines is 3. The molecule has 0 bridgehead atoms. The first-order chi connectivity index (χ1) is 37.5. The highest BCUT2D eigenvalue weighted by molar-refractivity contribution is 7.97. The summed E-state index contributed by atoms with van der Waals surface area (Å²) in [6, 6.07) is 23.4.